The van der Waals surface area contributed by atoms with Crippen LogP contribution in [0.25, 0.3) is 0 Å². The van der Waals surface area contributed by atoms with Crippen molar-refractivity contribution in [2.24, 2.45) is 5.73 Å². The molecule has 0 atom stereocenters. The maximum absolute atomic E-state index is 13.1. The van der Waals surface area contributed by atoms with Gasteiger partial charge in [-0.3, -0.25) is 10.2 Å². The van der Waals surface area contributed by atoms with Crippen LogP contribution < -0.4 is 15.8 Å². The molecule has 16 heteroatoms. The van der Waals surface area contributed by atoms with E-state index in [0.29, 0.717) is 55.4 Å². The first-order valence-corrected chi connectivity index (χ1v) is 15.9. The lowest BCUT2D eigenvalue weighted by atomic mass is 10.1. The van der Waals surface area contributed by atoms with E-state index in [1.54, 1.807) is 48.5 Å². The number of carbonyl (C=O) groups excluding carboxylic acids is 2. The summed E-state index contributed by atoms with van der Waals surface area (Å²) in [5.74, 6) is -2.52. The average molecular weight is 711 g/mol. The third-order valence-electron chi connectivity index (χ3n) is 6.78. The second-order valence-electron chi connectivity index (χ2n) is 10.7. The van der Waals surface area contributed by atoms with E-state index in [4.69, 9.17) is 44.7 Å². The quantitative estimate of drug-likeness (QED) is 0.0312. The van der Waals surface area contributed by atoms with E-state index in [1.165, 1.54) is 29.2 Å². The zero-order valence-corrected chi connectivity index (χ0v) is 27.9. The van der Waals surface area contributed by atoms with E-state index in [9.17, 15) is 24.3 Å². The molecule has 0 heterocycles. The van der Waals surface area contributed by atoms with Crippen LogP contribution in [0.5, 0.6) is 5.75 Å². The van der Waals surface area contributed by atoms with Gasteiger partial charge in [-0.15, -0.1) is 0 Å². The molecular formula is C35H42N4O12. The Morgan fingerprint density at radius 1 is 0.725 bits per heavy atom. The maximum Gasteiger partial charge on any atom is 0.410 e. The van der Waals surface area contributed by atoms with Gasteiger partial charge in [0, 0.05) is 18.8 Å². The number of carboxylic acid groups (broad SMARTS) is 2. The Morgan fingerprint density at radius 3 is 1.92 bits per heavy atom. The standard InChI is InChI=1S/C35H42N4O12/c36-34(37)38-29-8-6-27(7-9-29)33(44)51-30-10-4-25(5-11-30)24-50-35(45)39(23-26-2-1-3-28(22-26)32(42)43)13-15-47-17-19-49-21-20-48-18-16-46-14-12-31(40)41/h1-11,22H,12-21,23-24H2,(H,40,41)(H,42,43)(H4,36,37,38). The van der Waals surface area contributed by atoms with Gasteiger partial charge in [0.15, 0.2) is 5.96 Å². The highest BCUT2D eigenvalue weighted by Gasteiger charge is 2.17. The fourth-order valence-corrected chi connectivity index (χ4v) is 4.26. The number of amides is 1. The first kappa shape index (κ1) is 39.9. The normalized spacial score (nSPS) is 10.7. The van der Waals surface area contributed by atoms with Gasteiger partial charge in [-0.1, -0.05) is 24.3 Å². The number of ether oxygens (including phenoxy) is 6. The summed E-state index contributed by atoms with van der Waals surface area (Å²) >= 11 is 0. The number of nitrogens with zero attached hydrogens (tertiary/aromatic N) is 1. The summed E-state index contributed by atoms with van der Waals surface area (Å²) < 4.78 is 32.5. The van der Waals surface area contributed by atoms with Crippen molar-refractivity contribution in [3.05, 3.63) is 95.1 Å². The largest absolute Gasteiger partial charge is 0.481 e. The Balaban J connectivity index is 1.43. The molecule has 16 nitrogen and oxygen atoms in total. The van der Waals surface area contributed by atoms with Crippen LogP contribution in [-0.2, 0) is 41.6 Å². The van der Waals surface area contributed by atoms with Crippen molar-refractivity contribution in [3.63, 3.8) is 0 Å². The number of hydrogen-bond acceptors (Lipinski definition) is 11. The molecule has 0 saturated carbocycles. The van der Waals surface area contributed by atoms with E-state index in [1.807, 2.05) is 0 Å². The molecule has 274 valence electrons. The van der Waals surface area contributed by atoms with Crippen LogP contribution in [-0.4, -0.2) is 104 Å². The van der Waals surface area contributed by atoms with E-state index >= 15 is 0 Å². The molecule has 0 aromatic heterocycles. The molecule has 6 N–H and O–H groups in total. The molecule has 0 aliphatic rings. The van der Waals surface area contributed by atoms with Crippen molar-refractivity contribution in [2.45, 2.75) is 19.6 Å². The molecule has 0 spiro atoms. The monoisotopic (exact) mass is 710 g/mol. The van der Waals surface area contributed by atoms with Crippen LogP contribution in [0.3, 0.4) is 0 Å². The SMILES string of the molecule is N=C(N)Nc1ccc(C(=O)Oc2ccc(COC(=O)N(CCOCCOCCOCCOCCC(=O)O)Cc3cccc(C(=O)O)c3)cc2)cc1. The number of esters is 1. The van der Waals surface area contributed by atoms with Crippen molar-refractivity contribution in [1.29, 1.82) is 5.41 Å². The van der Waals surface area contributed by atoms with Gasteiger partial charge in [0.25, 0.3) is 0 Å². The number of rotatable bonds is 23. The van der Waals surface area contributed by atoms with Crippen LogP contribution in [0, 0.1) is 5.41 Å². The highest BCUT2D eigenvalue weighted by molar-refractivity contribution is 5.93. The second-order valence-corrected chi connectivity index (χ2v) is 10.7. The van der Waals surface area contributed by atoms with Gasteiger partial charge < -0.3 is 54.6 Å². The van der Waals surface area contributed by atoms with E-state index in [2.05, 4.69) is 5.32 Å². The zero-order chi connectivity index (χ0) is 36.8. The molecule has 0 aliphatic carbocycles. The number of benzene rings is 3. The number of aliphatic carboxylic acids is 1. The molecule has 3 rings (SSSR count). The lowest BCUT2D eigenvalue weighted by Gasteiger charge is -2.22. The number of hydrogen-bond donors (Lipinski definition) is 5. The van der Waals surface area contributed by atoms with Crippen LogP contribution in [0.15, 0.2) is 72.8 Å². The number of anilines is 1. The van der Waals surface area contributed by atoms with Crippen molar-refractivity contribution in [3.8, 4) is 5.75 Å². The van der Waals surface area contributed by atoms with E-state index in [0.717, 1.165) is 0 Å². The first-order valence-electron chi connectivity index (χ1n) is 15.9. The van der Waals surface area contributed by atoms with Gasteiger partial charge in [0.05, 0.1) is 70.4 Å². The third kappa shape index (κ3) is 16.1. The Hall–Kier alpha value is -5.55. The first-order chi connectivity index (χ1) is 24.6. The van der Waals surface area contributed by atoms with Crippen LogP contribution in [0.2, 0.25) is 0 Å². The van der Waals surface area contributed by atoms with Crippen molar-refractivity contribution in [1.82, 2.24) is 4.90 Å². The van der Waals surface area contributed by atoms with Gasteiger partial charge in [-0.05, 0) is 59.7 Å². The smallest absolute Gasteiger partial charge is 0.410 e. The minimum atomic E-state index is -1.09. The van der Waals surface area contributed by atoms with Crippen LogP contribution in [0.4, 0.5) is 10.5 Å². The predicted octanol–water partition coefficient (Wildman–Crippen LogP) is 3.59. The zero-order valence-electron chi connectivity index (χ0n) is 27.9. The van der Waals surface area contributed by atoms with Gasteiger partial charge >= 0.3 is 24.0 Å². The number of nitrogens with two attached hydrogens (primary N) is 1. The minimum Gasteiger partial charge on any atom is -0.481 e. The fourth-order valence-electron chi connectivity index (χ4n) is 4.26. The highest BCUT2D eigenvalue weighted by atomic mass is 16.6. The van der Waals surface area contributed by atoms with Gasteiger partial charge in [-0.2, -0.15) is 0 Å². The molecule has 0 unspecified atom stereocenters. The molecule has 0 bridgehead atoms. The second kappa shape index (κ2) is 22.2. The lowest BCUT2D eigenvalue weighted by molar-refractivity contribution is -0.138. The molecule has 51 heavy (non-hydrogen) atoms. The van der Waals surface area contributed by atoms with E-state index < -0.39 is 24.0 Å². The van der Waals surface area contributed by atoms with Crippen molar-refractivity contribution in [2.75, 3.05) is 64.7 Å². The maximum atomic E-state index is 13.1. The summed E-state index contributed by atoms with van der Waals surface area (Å²) in [6.45, 7) is 2.28. The number of carboxylic acids is 2. The molecule has 3 aromatic rings. The predicted molar refractivity (Wildman–Crippen MR) is 183 cm³/mol. The topological polar surface area (TPSA) is 229 Å². The van der Waals surface area contributed by atoms with Crippen molar-refractivity contribution >= 4 is 35.6 Å². The number of nitrogens with one attached hydrogen (secondary N) is 2. The van der Waals surface area contributed by atoms with Gasteiger partial charge in [0.1, 0.15) is 12.4 Å². The Labute approximate surface area is 294 Å². The average Bonchev–Trinajstić information content (AvgIpc) is 3.10. The molecular weight excluding hydrogens is 668 g/mol. The minimum absolute atomic E-state index is 0.0572. The van der Waals surface area contributed by atoms with Gasteiger partial charge in [-0.25, -0.2) is 14.4 Å². The molecule has 0 radical (unpaired) electrons. The molecule has 1 amide bonds. The van der Waals surface area contributed by atoms with E-state index in [-0.39, 0.29) is 63.2 Å². The van der Waals surface area contributed by atoms with Crippen LogP contribution >= 0.6 is 0 Å². The summed E-state index contributed by atoms with van der Waals surface area (Å²) in [6.07, 6.45) is -0.698. The molecule has 0 aliphatic heterocycles. The summed E-state index contributed by atoms with van der Waals surface area (Å²) in [7, 11) is 0. The highest BCUT2D eigenvalue weighted by Crippen LogP contribution is 2.17. The third-order valence-corrected chi connectivity index (χ3v) is 6.78. The summed E-state index contributed by atoms with van der Waals surface area (Å²) in [4.78, 5) is 49.0. The Kier molecular flexibility index (Phi) is 17.4. The number of carbonyl (C=O) groups is 4. The Bertz CT molecular complexity index is 1570. The lowest BCUT2D eigenvalue weighted by Crippen LogP contribution is -2.34. The summed E-state index contributed by atoms with van der Waals surface area (Å²) in [6, 6.07) is 19.0. The number of guanidine groups is 1. The molecule has 0 saturated heterocycles. The van der Waals surface area contributed by atoms with Crippen LogP contribution in [0.1, 0.15) is 38.3 Å². The summed E-state index contributed by atoms with van der Waals surface area (Å²) in [5.41, 5.74) is 7.48. The number of aromatic carboxylic acids is 1. The molecule has 0 fully saturated rings. The molecule has 3 aromatic carbocycles. The van der Waals surface area contributed by atoms with Gasteiger partial charge in [0.2, 0.25) is 0 Å². The Morgan fingerprint density at radius 2 is 1.33 bits per heavy atom. The van der Waals surface area contributed by atoms with Crippen molar-refractivity contribution < 1.29 is 57.8 Å². The fraction of sp³-hybridized carbons (Fsp3) is 0.343. The summed E-state index contributed by atoms with van der Waals surface area (Å²) in [5, 5.41) is 27.8.